The molecule has 19 heavy (non-hydrogen) atoms. The highest BCUT2D eigenvalue weighted by atomic mass is 35.5. The third-order valence-electron chi connectivity index (χ3n) is 3.26. The predicted octanol–water partition coefficient (Wildman–Crippen LogP) is 3.81. The fraction of sp³-hybridized carbons (Fsp3) is 0.312. The largest absolute Gasteiger partial charge is 0.374 e. The lowest BCUT2D eigenvalue weighted by Gasteiger charge is -2.21. The molecule has 0 aliphatic rings. The Morgan fingerprint density at radius 3 is 2.68 bits per heavy atom. The van der Waals surface area contributed by atoms with E-state index in [2.05, 4.69) is 48.1 Å². The number of benzene rings is 1. The zero-order valence-corrected chi connectivity index (χ0v) is 12.2. The molecule has 0 aliphatic carbocycles. The van der Waals surface area contributed by atoms with E-state index in [1.165, 1.54) is 16.8 Å². The van der Waals surface area contributed by atoms with Crippen molar-refractivity contribution in [1.82, 2.24) is 4.98 Å². The summed E-state index contributed by atoms with van der Waals surface area (Å²) in [5.41, 5.74) is 4.82. The average Bonchev–Trinajstić information content (AvgIpc) is 2.45. The van der Waals surface area contributed by atoms with E-state index in [0.717, 1.165) is 18.7 Å². The summed E-state index contributed by atoms with van der Waals surface area (Å²) in [5.74, 6) is 0.568. The average molecular weight is 275 g/mol. The molecular weight excluding hydrogens is 256 g/mol. The molecule has 0 spiro atoms. The summed E-state index contributed by atoms with van der Waals surface area (Å²) in [6.07, 6.45) is 2.80. The maximum absolute atomic E-state index is 5.85. The van der Waals surface area contributed by atoms with Gasteiger partial charge < -0.3 is 4.90 Å². The van der Waals surface area contributed by atoms with Gasteiger partial charge in [-0.15, -0.1) is 11.6 Å². The highest BCUT2D eigenvalue weighted by Gasteiger charge is 2.05. The predicted molar refractivity (Wildman–Crippen MR) is 81.9 cm³/mol. The number of nitrogens with zero attached hydrogens (tertiary/aromatic N) is 2. The molecule has 0 amide bonds. The Labute approximate surface area is 120 Å². The lowest BCUT2D eigenvalue weighted by atomic mass is 10.1. The molecule has 0 bridgehead atoms. The van der Waals surface area contributed by atoms with Crippen molar-refractivity contribution in [2.75, 3.05) is 18.5 Å². The molecule has 0 atom stereocenters. The molecule has 2 aromatic rings. The Bertz CT molecular complexity index is 526. The molecule has 1 aromatic carbocycles. The van der Waals surface area contributed by atoms with Gasteiger partial charge in [-0.2, -0.15) is 0 Å². The Morgan fingerprint density at radius 1 is 1.21 bits per heavy atom. The number of hydrogen-bond donors (Lipinski definition) is 0. The summed E-state index contributed by atoms with van der Waals surface area (Å²) in [5, 5.41) is 0. The quantitative estimate of drug-likeness (QED) is 0.771. The highest BCUT2D eigenvalue weighted by Crippen LogP contribution is 2.21. The molecule has 0 N–H and O–H groups in total. The van der Waals surface area contributed by atoms with Gasteiger partial charge in [0.25, 0.3) is 0 Å². The standard InChI is InChI=1S/C16H19ClN2/c1-13-11-14(12-17)6-7-16(13)19(2)10-8-15-5-3-4-9-18-15/h3-7,9,11H,8,10,12H2,1-2H3. The van der Waals surface area contributed by atoms with Crippen LogP contribution < -0.4 is 4.90 Å². The minimum absolute atomic E-state index is 0.568. The molecule has 0 aliphatic heterocycles. The van der Waals surface area contributed by atoms with E-state index in [9.17, 15) is 0 Å². The molecule has 0 fully saturated rings. The van der Waals surface area contributed by atoms with Crippen molar-refractivity contribution >= 4 is 17.3 Å². The minimum Gasteiger partial charge on any atom is -0.374 e. The molecule has 100 valence electrons. The molecule has 0 saturated carbocycles. The van der Waals surface area contributed by atoms with Crippen LogP contribution in [0, 0.1) is 6.92 Å². The molecule has 1 heterocycles. The third-order valence-corrected chi connectivity index (χ3v) is 3.56. The smallest absolute Gasteiger partial charge is 0.0474 e. The molecule has 0 radical (unpaired) electrons. The van der Waals surface area contributed by atoms with Crippen molar-refractivity contribution in [3.05, 3.63) is 59.4 Å². The van der Waals surface area contributed by atoms with Gasteiger partial charge in [0.2, 0.25) is 0 Å². The van der Waals surface area contributed by atoms with Crippen LogP contribution in [0.4, 0.5) is 5.69 Å². The monoisotopic (exact) mass is 274 g/mol. The van der Waals surface area contributed by atoms with Crippen LogP contribution in [0.1, 0.15) is 16.8 Å². The first-order valence-electron chi connectivity index (χ1n) is 6.47. The van der Waals surface area contributed by atoms with Gasteiger partial charge in [0, 0.05) is 43.5 Å². The first-order chi connectivity index (χ1) is 9.20. The zero-order valence-electron chi connectivity index (χ0n) is 11.4. The Kier molecular flexibility index (Phi) is 4.80. The van der Waals surface area contributed by atoms with E-state index in [4.69, 9.17) is 11.6 Å². The maximum Gasteiger partial charge on any atom is 0.0474 e. The highest BCUT2D eigenvalue weighted by molar-refractivity contribution is 6.17. The number of anilines is 1. The number of rotatable bonds is 5. The zero-order chi connectivity index (χ0) is 13.7. The SMILES string of the molecule is Cc1cc(CCl)ccc1N(C)CCc1ccccn1. The van der Waals surface area contributed by atoms with Crippen LogP contribution in [0.15, 0.2) is 42.6 Å². The van der Waals surface area contributed by atoms with E-state index < -0.39 is 0 Å². The molecule has 3 heteroatoms. The summed E-state index contributed by atoms with van der Waals surface area (Å²) >= 11 is 5.85. The summed E-state index contributed by atoms with van der Waals surface area (Å²) in [6, 6.07) is 12.4. The van der Waals surface area contributed by atoms with Gasteiger partial charge in [-0.05, 0) is 36.2 Å². The van der Waals surface area contributed by atoms with Crippen molar-refractivity contribution in [2.45, 2.75) is 19.2 Å². The molecule has 0 saturated heterocycles. The maximum atomic E-state index is 5.85. The van der Waals surface area contributed by atoms with Crippen molar-refractivity contribution in [2.24, 2.45) is 0 Å². The Hall–Kier alpha value is -1.54. The van der Waals surface area contributed by atoms with Gasteiger partial charge >= 0.3 is 0 Å². The topological polar surface area (TPSA) is 16.1 Å². The van der Waals surface area contributed by atoms with E-state index in [1.54, 1.807) is 0 Å². The normalized spacial score (nSPS) is 10.5. The lowest BCUT2D eigenvalue weighted by Crippen LogP contribution is -2.21. The molecule has 0 unspecified atom stereocenters. The molecule has 2 nitrogen and oxygen atoms in total. The minimum atomic E-state index is 0.568. The second-order valence-corrected chi connectivity index (χ2v) is 5.01. The van der Waals surface area contributed by atoms with E-state index in [0.29, 0.717) is 5.88 Å². The Morgan fingerprint density at radius 2 is 2.05 bits per heavy atom. The van der Waals surface area contributed by atoms with Gasteiger partial charge in [0.1, 0.15) is 0 Å². The number of pyridine rings is 1. The summed E-state index contributed by atoms with van der Waals surface area (Å²) < 4.78 is 0. The molecular formula is C16H19ClN2. The van der Waals surface area contributed by atoms with Crippen molar-refractivity contribution in [3.8, 4) is 0 Å². The first kappa shape index (κ1) is 13.9. The van der Waals surface area contributed by atoms with Crippen molar-refractivity contribution in [3.63, 3.8) is 0 Å². The van der Waals surface area contributed by atoms with Crippen molar-refractivity contribution in [1.29, 1.82) is 0 Å². The van der Waals surface area contributed by atoms with Crippen LogP contribution in [0.3, 0.4) is 0 Å². The van der Waals surface area contributed by atoms with Gasteiger partial charge in [-0.25, -0.2) is 0 Å². The van der Waals surface area contributed by atoms with Crippen LogP contribution in [0.25, 0.3) is 0 Å². The summed E-state index contributed by atoms with van der Waals surface area (Å²) in [6.45, 7) is 3.08. The van der Waals surface area contributed by atoms with Gasteiger partial charge in [-0.1, -0.05) is 18.2 Å². The first-order valence-corrected chi connectivity index (χ1v) is 7.00. The second-order valence-electron chi connectivity index (χ2n) is 4.75. The van der Waals surface area contributed by atoms with Gasteiger partial charge in [0.05, 0.1) is 0 Å². The lowest BCUT2D eigenvalue weighted by molar-refractivity contribution is 0.849. The summed E-state index contributed by atoms with van der Waals surface area (Å²) in [7, 11) is 2.12. The molecule has 2 rings (SSSR count). The fourth-order valence-electron chi connectivity index (χ4n) is 2.18. The van der Waals surface area contributed by atoms with E-state index in [-0.39, 0.29) is 0 Å². The van der Waals surface area contributed by atoms with Gasteiger partial charge in [-0.3, -0.25) is 4.98 Å². The number of likely N-dealkylation sites (N-methyl/N-ethyl adjacent to an activating group) is 1. The second kappa shape index (κ2) is 6.58. The number of alkyl halides is 1. The third kappa shape index (κ3) is 3.71. The van der Waals surface area contributed by atoms with E-state index >= 15 is 0 Å². The Balaban J connectivity index is 2.02. The van der Waals surface area contributed by atoms with Crippen molar-refractivity contribution < 1.29 is 0 Å². The van der Waals surface area contributed by atoms with E-state index in [1.807, 2.05) is 18.3 Å². The summed E-state index contributed by atoms with van der Waals surface area (Å²) in [4.78, 5) is 6.62. The fourth-order valence-corrected chi connectivity index (χ4v) is 2.34. The van der Waals surface area contributed by atoms with Crippen LogP contribution >= 0.6 is 11.6 Å². The van der Waals surface area contributed by atoms with Gasteiger partial charge in [0.15, 0.2) is 0 Å². The van der Waals surface area contributed by atoms with Crippen LogP contribution in [0.2, 0.25) is 0 Å². The number of halogens is 1. The number of aromatic nitrogens is 1. The van der Waals surface area contributed by atoms with Crippen LogP contribution in [0.5, 0.6) is 0 Å². The number of aryl methyl sites for hydroxylation is 1. The van der Waals surface area contributed by atoms with Crippen LogP contribution in [-0.2, 0) is 12.3 Å². The number of hydrogen-bond acceptors (Lipinski definition) is 2. The van der Waals surface area contributed by atoms with Crippen LogP contribution in [-0.4, -0.2) is 18.6 Å². The molecule has 1 aromatic heterocycles.